The van der Waals surface area contributed by atoms with E-state index in [1.807, 2.05) is 47.2 Å². The van der Waals surface area contributed by atoms with Crippen molar-refractivity contribution in [2.24, 2.45) is 5.73 Å². The number of nitrogens with two attached hydrogens (primary N) is 1. The van der Waals surface area contributed by atoms with Crippen LogP contribution in [-0.2, 0) is 6.54 Å². The molecule has 0 fully saturated rings. The van der Waals surface area contributed by atoms with E-state index in [2.05, 4.69) is 4.98 Å². The zero-order valence-corrected chi connectivity index (χ0v) is 11.9. The zero-order chi connectivity index (χ0) is 13.9. The predicted octanol–water partition coefficient (Wildman–Crippen LogP) is 3.05. The molecule has 0 aliphatic carbocycles. The maximum absolute atomic E-state index is 5.85. The Bertz CT molecular complexity index is 720. The first-order valence-corrected chi connectivity index (χ1v) is 7.25. The smallest absolute Gasteiger partial charge is 0.243 e. The Morgan fingerprint density at radius 2 is 2.20 bits per heavy atom. The van der Waals surface area contributed by atoms with E-state index in [0.717, 1.165) is 16.4 Å². The summed E-state index contributed by atoms with van der Waals surface area (Å²) in [5.41, 5.74) is 6.65. The van der Waals surface area contributed by atoms with Crippen LogP contribution >= 0.6 is 11.3 Å². The van der Waals surface area contributed by atoms with Gasteiger partial charge in [-0.1, -0.05) is 6.07 Å². The Morgan fingerprint density at radius 1 is 1.35 bits per heavy atom. The van der Waals surface area contributed by atoms with Crippen molar-refractivity contribution in [1.29, 1.82) is 0 Å². The Kier molecular flexibility index (Phi) is 3.58. The average Bonchev–Trinajstić information content (AvgIpc) is 3.00. The van der Waals surface area contributed by atoms with Crippen LogP contribution in [0.15, 0.2) is 35.8 Å². The molecule has 20 heavy (non-hydrogen) atoms. The summed E-state index contributed by atoms with van der Waals surface area (Å²) in [6.07, 6.45) is 1.94. The van der Waals surface area contributed by atoms with Gasteiger partial charge in [0, 0.05) is 24.2 Å². The van der Waals surface area contributed by atoms with Gasteiger partial charge in [-0.25, -0.2) is 0 Å². The topological polar surface area (TPSA) is 61.8 Å². The molecule has 2 heterocycles. The molecule has 0 saturated carbocycles. The van der Waals surface area contributed by atoms with Crippen LogP contribution in [0, 0.1) is 0 Å². The van der Waals surface area contributed by atoms with Crippen LogP contribution in [0.1, 0.15) is 12.6 Å². The van der Waals surface area contributed by atoms with Gasteiger partial charge in [-0.2, -0.15) is 4.98 Å². The van der Waals surface area contributed by atoms with Crippen molar-refractivity contribution in [1.82, 2.24) is 9.38 Å². The number of rotatable bonds is 5. The molecular formula is C14H15N3O2S. The van der Waals surface area contributed by atoms with Gasteiger partial charge in [-0.05, 0) is 19.1 Å². The largest absolute Gasteiger partial charge is 0.494 e. The second-order valence-corrected chi connectivity index (χ2v) is 5.01. The van der Waals surface area contributed by atoms with E-state index in [0.29, 0.717) is 24.8 Å². The predicted molar refractivity (Wildman–Crippen MR) is 78.6 cm³/mol. The zero-order valence-electron chi connectivity index (χ0n) is 11.1. The first-order valence-electron chi connectivity index (χ1n) is 6.37. The summed E-state index contributed by atoms with van der Waals surface area (Å²) in [6.45, 7) is 2.94. The normalized spacial score (nSPS) is 10.9. The minimum absolute atomic E-state index is 0.373. The molecule has 0 aliphatic rings. The number of fused-ring (bicyclic) bond motifs is 1. The van der Waals surface area contributed by atoms with Crippen LogP contribution in [0.2, 0.25) is 0 Å². The molecule has 3 aromatic rings. The highest BCUT2D eigenvalue weighted by molar-refractivity contribution is 7.15. The lowest BCUT2D eigenvalue weighted by Crippen LogP contribution is -2.01. The standard InChI is InChI=1S/C14H15N3O2S/c1-2-18-10-4-3-5-11(8-10)19-13-12(9-15)17-6-7-20-14(17)16-13/h3-8H,2,9,15H2,1H3. The maximum Gasteiger partial charge on any atom is 0.243 e. The molecule has 0 saturated heterocycles. The molecule has 0 radical (unpaired) electrons. The third-order valence-electron chi connectivity index (χ3n) is 2.85. The first kappa shape index (κ1) is 13.0. The molecule has 5 nitrogen and oxygen atoms in total. The van der Waals surface area contributed by atoms with Crippen molar-refractivity contribution >= 4 is 16.3 Å². The van der Waals surface area contributed by atoms with Crippen LogP contribution in [0.5, 0.6) is 17.4 Å². The Morgan fingerprint density at radius 3 is 3.00 bits per heavy atom. The van der Waals surface area contributed by atoms with Crippen molar-refractivity contribution in [3.8, 4) is 17.4 Å². The Hall–Kier alpha value is -2.05. The molecule has 0 atom stereocenters. The molecular weight excluding hydrogens is 274 g/mol. The second-order valence-electron chi connectivity index (χ2n) is 4.13. The fraction of sp³-hybridized carbons (Fsp3) is 0.214. The summed E-state index contributed by atoms with van der Waals surface area (Å²) < 4.78 is 13.3. The van der Waals surface area contributed by atoms with E-state index in [9.17, 15) is 0 Å². The minimum Gasteiger partial charge on any atom is -0.494 e. The molecule has 0 unspecified atom stereocenters. The number of imidazole rings is 1. The molecule has 2 aromatic heterocycles. The number of benzene rings is 1. The quantitative estimate of drug-likeness (QED) is 0.784. The summed E-state index contributed by atoms with van der Waals surface area (Å²) in [5, 5.41) is 1.97. The van der Waals surface area contributed by atoms with Gasteiger partial charge in [0.05, 0.1) is 6.61 Å². The first-order chi connectivity index (χ1) is 9.81. The highest BCUT2D eigenvalue weighted by Gasteiger charge is 2.14. The summed E-state index contributed by atoms with van der Waals surface area (Å²) in [6, 6.07) is 7.50. The lowest BCUT2D eigenvalue weighted by molar-refractivity contribution is 0.338. The van der Waals surface area contributed by atoms with Gasteiger partial charge >= 0.3 is 0 Å². The van der Waals surface area contributed by atoms with Gasteiger partial charge in [0.2, 0.25) is 5.88 Å². The molecule has 0 bridgehead atoms. The van der Waals surface area contributed by atoms with Gasteiger partial charge in [0.15, 0.2) is 4.96 Å². The second kappa shape index (κ2) is 5.52. The third kappa shape index (κ3) is 2.35. The van der Waals surface area contributed by atoms with Crippen molar-refractivity contribution < 1.29 is 9.47 Å². The van der Waals surface area contributed by atoms with Crippen molar-refractivity contribution in [2.45, 2.75) is 13.5 Å². The number of aromatic nitrogens is 2. The van der Waals surface area contributed by atoms with E-state index >= 15 is 0 Å². The molecule has 6 heteroatoms. The molecule has 2 N–H and O–H groups in total. The summed E-state index contributed by atoms with van der Waals surface area (Å²) in [4.78, 5) is 5.33. The summed E-state index contributed by atoms with van der Waals surface area (Å²) in [5.74, 6) is 2.02. The van der Waals surface area contributed by atoms with E-state index in [1.165, 1.54) is 0 Å². The van der Waals surface area contributed by atoms with Crippen LogP contribution in [0.25, 0.3) is 4.96 Å². The maximum atomic E-state index is 5.85. The lowest BCUT2D eigenvalue weighted by atomic mass is 10.3. The highest BCUT2D eigenvalue weighted by Crippen LogP contribution is 2.29. The highest BCUT2D eigenvalue weighted by atomic mass is 32.1. The monoisotopic (exact) mass is 289 g/mol. The van der Waals surface area contributed by atoms with Crippen molar-refractivity contribution in [3.63, 3.8) is 0 Å². The Balaban J connectivity index is 1.92. The molecule has 0 amide bonds. The van der Waals surface area contributed by atoms with Crippen LogP contribution in [0.4, 0.5) is 0 Å². The van der Waals surface area contributed by atoms with E-state index in [1.54, 1.807) is 11.3 Å². The van der Waals surface area contributed by atoms with Gasteiger partial charge < -0.3 is 15.2 Å². The fourth-order valence-corrected chi connectivity index (χ4v) is 2.71. The number of hydrogen-bond donors (Lipinski definition) is 1. The van der Waals surface area contributed by atoms with Crippen LogP contribution < -0.4 is 15.2 Å². The molecule has 0 spiro atoms. The Labute approximate surface area is 120 Å². The molecule has 3 rings (SSSR count). The fourth-order valence-electron chi connectivity index (χ4n) is 1.99. The summed E-state index contributed by atoms with van der Waals surface area (Å²) >= 11 is 1.55. The lowest BCUT2D eigenvalue weighted by Gasteiger charge is -2.07. The van der Waals surface area contributed by atoms with E-state index < -0.39 is 0 Å². The van der Waals surface area contributed by atoms with E-state index in [-0.39, 0.29) is 0 Å². The number of hydrogen-bond acceptors (Lipinski definition) is 5. The van der Waals surface area contributed by atoms with Crippen LogP contribution in [0.3, 0.4) is 0 Å². The number of nitrogens with zero attached hydrogens (tertiary/aromatic N) is 2. The third-order valence-corrected chi connectivity index (χ3v) is 3.61. The molecule has 1 aromatic carbocycles. The SMILES string of the molecule is CCOc1cccc(Oc2nc3sccn3c2CN)c1. The van der Waals surface area contributed by atoms with Crippen molar-refractivity contribution in [3.05, 3.63) is 41.5 Å². The summed E-state index contributed by atoms with van der Waals surface area (Å²) in [7, 11) is 0. The molecule has 0 aliphatic heterocycles. The van der Waals surface area contributed by atoms with Gasteiger partial charge in [-0.15, -0.1) is 11.3 Å². The number of ether oxygens (including phenoxy) is 2. The average molecular weight is 289 g/mol. The van der Waals surface area contributed by atoms with Gasteiger partial charge in [-0.3, -0.25) is 4.40 Å². The molecule has 104 valence electrons. The van der Waals surface area contributed by atoms with Crippen molar-refractivity contribution in [2.75, 3.05) is 6.61 Å². The number of thiazole rings is 1. The minimum atomic E-state index is 0.373. The van der Waals surface area contributed by atoms with Crippen LogP contribution in [-0.4, -0.2) is 16.0 Å². The van der Waals surface area contributed by atoms with E-state index in [4.69, 9.17) is 15.2 Å². The van der Waals surface area contributed by atoms with Gasteiger partial charge in [0.25, 0.3) is 0 Å². The van der Waals surface area contributed by atoms with Gasteiger partial charge in [0.1, 0.15) is 17.2 Å².